The summed E-state index contributed by atoms with van der Waals surface area (Å²) >= 11 is 1.08. The monoisotopic (exact) mass is 268 g/mol. The molecular formula is C13H14F2N2S. The Bertz CT molecular complexity index is 547. The van der Waals surface area contributed by atoms with E-state index in [0.717, 1.165) is 21.7 Å². The van der Waals surface area contributed by atoms with Crippen LogP contribution in [0.4, 0.5) is 14.5 Å². The molecule has 2 nitrogen and oxygen atoms in total. The first-order valence-corrected chi connectivity index (χ1v) is 6.99. The van der Waals surface area contributed by atoms with Crippen molar-refractivity contribution in [3.63, 3.8) is 0 Å². The maximum atomic E-state index is 12.6. The average Bonchev–Trinajstić information content (AvgIpc) is 2.96. The lowest BCUT2D eigenvalue weighted by molar-refractivity contribution is 0.151. The molecule has 1 aliphatic carbocycles. The Hall–Kier alpha value is -1.23. The third kappa shape index (κ3) is 2.32. The van der Waals surface area contributed by atoms with Crippen LogP contribution in [0.25, 0.3) is 10.2 Å². The minimum absolute atomic E-state index is 0.0944. The largest absolute Gasteiger partial charge is 0.382 e. The zero-order valence-corrected chi connectivity index (χ0v) is 10.6. The van der Waals surface area contributed by atoms with E-state index in [4.69, 9.17) is 0 Å². The number of thiazole rings is 1. The lowest BCUT2D eigenvalue weighted by Gasteiger charge is -2.12. The molecule has 3 rings (SSSR count). The first-order valence-electron chi connectivity index (χ1n) is 6.17. The maximum absolute atomic E-state index is 12.6. The minimum atomic E-state index is -2.48. The van der Waals surface area contributed by atoms with Crippen LogP contribution in [0.1, 0.15) is 37.1 Å². The number of alkyl halides is 2. The Kier molecular flexibility index (Phi) is 3.16. The van der Waals surface area contributed by atoms with E-state index in [1.807, 2.05) is 18.2 Å². The summed E-state index contributed by atoms with van der Waals surface area (Å²) in [6.07, 6.45) is 2.46. The lowest BCUT2D eigenvalue weighted by atomic mass is 10.2. The summed E-state index contributed by atoms with van der Waals surface area (Å²) in [5.41, 5.74) is 1.67. The Labute approximate surface area is 108 Å². The van der Waals surface area contributed by atoms with E-state index in [0.29, 0.717) is 11.6 Å². The molecule has 0 spiro atoms. The molecule has 18 heavy (non-hydrogen) atoms. The second kappa shape index (κ2) is 4.80. The maximum Gasteiger partial charge on any atom is 0.289 e. The molecular weight excluding hydrogens is 254 g/mol. The Morgan fingerprint density at radius 3 is 2.78 bits per heavy atom. The lowest BCUT2D eigenvalue weighted by Crippen LogP contribution is -2.14. The number of anilines is 1. The molecule has 5 heteroatoms. The van der Waals surface area contributed by atoms with E-state index in [-0.39, 0.29) is 5.01 Å². The molecule has 0 saturated heterocycles. The van der Waals surface area contributed by atoms with Gasteiger partial charge in [0.2, 0.25) is 0 Å². The van der Waals surface area contributed by atoms with E-state index in [2.05, 4.69) is 10.3 Å². The van der Waals surface area contributed by atoms with Crippen molar-refractivity contribution in [2.75, 3.05) is 5.32 Å². The van der Waals surface area contributed by atoms with Crippen LogP contribution in [0.5, 0.6) is 0 Å². The van der Waals surface area contributed by atoms with Crippen LogP contribution in [0, 0.1) is 0 Å². The number of halogens is 2. The summed E-state index contributed by atoms with van der Waals surface area (Å²) in [6.45, 7) is 0. The fraction of sp³-hybridized carbons (Fsp3) is 0.462. The van der Waals surface area contributed by atoms with Gasteiger partial charge >= 0.3 is 0 Å². The molecule has 1 aromatic heterocycles. The normalized spacial score (nSPS) is 16.8. The molecule has 1 fully saturated rings. The van der Waals surface area contributed by atoms with Crippen molar-refractivity contribution in [2.24, 2.45) is 0 Å². The molecule has 0 radical (unpaired) electrons. The summed E-state index contributed by atoms with van der Waals surface area (Å²) in [6, 6.07) is 6.20. The zero-order chi connectivity index (χ0) is 12.5. The van der Waals surface area contributed by atoms with Gasteiger partial charge in [0.1, 0.15) is 0 Å². The first-order chi connectivity index (χ1) is 8.72. The highest BCUT2D eigenvalue weighted by molar-refractivity contribution is 7.18. The van der Waals surface area contributed by atoms with E-state index in [1.54, 1.807) is 0 Å². The molecule has 1 N–H and O–H groups in total. The second-order valence-electron chi connectivity index (χ2n) is 4.66. The van der Waals surface area contributed by atoms with Gasteiger partial charge in [0.05, 0.1) is 10.2 Å². The zero-order valence-electron chi connectivity index (χ0n) is 9.83. The molecule has 1 heterocycles. The van der Waals surface area contributed by atoms with Crippen molar-refractivity contribution in [3.05, 3.63) is 23.2 Å². The van der Waals surface area contributed by atoms with Crippen molar-refractivity contribution >= 4 is 27.2 Å². The van der Waals surface area contributed by atoms with Crippen molar-refractivity contribution in [1.82, 2.24) is 4.98 Å². The Balaban J connectivity index is 1.85. The van der Waals surface area contributed by atoms with Crippen LogP contribution in [0.15, 0.2) is 18.2 Å². The summed E-state index contributed by atoms with van der Waals surface area (Å²) in [7, 11) is 0. The second-order valence-corrected chi connectivity index (χ2v) is 5.72. The van der Waals surface area contributed by atoms with E-state index in [1.165, 1.54) is 25.7 Å². The fourth-order valence-corrected chi connectivity index (χ4v) is 3.29. The quantitative estimate of drug-likeness (QED) is 0.880. The molecule has 2 aromatic rings. The van der Waals surface area contributed by atoms with Crippen molar-refractivity contribution in [1.29, 1.82) is 0 Å². The summed E-state index contributed by atoms with van der Waals surface area (Å²) in [5.74, 6) is 0. The van der Waals surface area contributed by atoms with E-state index >= 15 is 0 Å². The standard InChI is InChI=1S/C13H14F2N2S/c14-12(15)13-17-10-6-5-9(7-11(10)18-13)16-8-3-1-2-4-8/h5-8,12,16H,1-4H2. The van der Waals surface area contributed by atoms with Gasteiger partial charge in [-0.05, 0) is 31.0 Å². The van der Waals surface area contributed by atoms with Crippen molar-refractivity contribution < 1.29 is 8.78 Å². The van der Waals surface area contributed by atoms with E-state index < -0.39 is 6.43 Å². The third-order valence-electron chi connectivity index (χ3n) is 3.32. The number of fused-ring (bicyclic) bond motifs is 1. The van der Waals surface area contributed by atoms with Gasteiger partial charge in [-0.15, -0.1) is 11.3 Å². The number of hydrogen-bond acceptors (Lipinski definition) is 3. The molecule has 0 bridgehead atoms. The van der Waals surface area contributed by atoms with Gasteiger partial charge in [-0.3, -0.25) is 0 Å². The fourth-order valence-electron chi connectivity index (χ4n) is 2.43. The summed E-state index contributed by atoms with van der Waals surface area (Å²) < 4.78 is 26.0. The van der Waals surface area contributed by atoms with Gasteiger partial charge in [-0.25, -0.2) is 13.8 Å². The van der Waals surface area contributed by atoms with Crippen LogP contribution < -0.4 is 5.32 Å². The average molecular weight is 268 g/mol. The number of nitrogens with zero attached hydrogens (tertiary/aromatic N) is 1. The van der Waals surface area contributed by atoms with Gasteiger partial charge in [-0.2, -0.15) is 0 Å². The molecule has 1 saturated carbocycles. The SMILES string of the molecule is FC(F)c1nc2ccc(NC3CCCC3)cc2s1. The highest BCUT2D eigenvalue weighted by Crippen LogP contribution is 2.31. The summed E-state index contributed by atoms with van der Waals surface area (Å²) in [5, 5.41) is 3.37. The van der Waals surface area contributed by atoms with Gasteiger partial charge in [0, 0.05) is 11.7 Å². The molecule has 0 aliphatic heterocycles. The Morgan fingerprint density at radius 2 is 2.06 bits per heavy atom. The van der Waals surface area contributed by atoms with Crippen LogP contribution in [-0.2, 0) is 0 Å². The number of aromatic nitrogens is 1. The third-order valence-corrected chi connectivity index (χ3v) is 4.34. The molecule has 0 unspecified atom stereocenters. The Morgan fingerprint density at radius 1 is 1.28 bits per heavy atom. The van der Waals surface area contributed by atoms with Crippen LogP contribution in [-0.4, -0.2) is 11.0 Å². The van der Waals surface area contributed by atoms with Gasteiger partial charge in [0.15, 0.2) is 5.01 Å². The number of rotatable bonds is 3. The molecule has 1 aromatic carbocycles. The highest BCUT2D eigenvalue weighted by Gasteiger charge is 2.16. The summed E-state index contributed by atoms with van der Waals surface area (Å²) in [4.78, 5) is 3.93. The highest BCUT2D eigenvalue weighted by atomic mass is 32.1. The topological polar surface area (TPSA) is 24.9 Å². The van der Waals surface area contributed by atoms with Crippen LogP contribution in [0.2, 0.25) is 0 Å². The van der Waals surface area contributed by atoms with Crippen LogP contribution >= 0.6 is 11.3 Å². The van der Waals surface area contributed by atoms with Gasteiger partial charge in [-0.1, -0.05) is 12.8 Å². The molecule has 0 amide bonds. The van der Waals surface area contributed by atoms with Gasteiger partial charge in [0.25, 0.3) is 6.43 Å². The smallest absolute Gasteiger partial charge is 0.289 e. The van der Waals surface area contributed by atoms with Crippen molar-refractivity contribution in [3.8, 4) is 0 Å². The molecule has 1 aliphatic rings. The minimum Gasteiger partial charge on any atom is -0.382 e. The number of benzene rings is 1. The predicted molar refractivity (Wildman–Crippen MR) is 70.5 cm³/mol. The number of hydrogen-bond donors (Lipinski definition) is 1. The molecule has 0 atom stereocenters. The number of nitrogens with one attached hydrogen (secondary N) is 1. The van der Waals surface area contributed by atoms with E-state index in [9.17, 15) is 8.78 Å². The van der Waals surface area contributed by atoms with Crippen LogP contribution in [0.3, 0.4) is 0 Å². The van der Waals surface area contributed by atoms with Crippen molar-refractivity contribution in [2.45, 2.75) is 38.2 Å². The first kappa shape index (κ1) is 11.8. The van der Waals surface area contributed by atoms with Gasteiger partial charge < -0.3 is 5.32 Å². The molecule has 96 valence electrons. The predicted octanol–water partition coefficient (Wildman–Crippen LogP) is 4.59.